The van der Waals surface area contributed by atoms with Crippen molar-refractivity contribution >= 4 is 5.96 Å². The van der Waals surface area contributed by atoms with Crippen molar-refractivity contribution in [3.63, 3.8) is 0 Å². The third-order valence-electron chi connectivity index (χ3n) is 4.09. The molecular weight excluding hydrogens is 340 g/mol. The minimum absolute atomic E-state index is 0.105. The maximum Gasteiger partial charge on any atom is 0.266 e. The molecule has 0 aliphatic carbocycles. The van der Waals surface area contributed by atoms with Crippen molar-refractivity contribution in [3.8, 4) is 17.5 Å². The molecule has 0 aliphatic rings. The number of nitrogens with one attached hydrogen (secondary N) is 2. The van der Waals surface area contributed by atoms with Crippen LogP contribution >= 0.6 is 0 Å². The summed E-state index contributed by atoms with van der Waals surface area (Å²) in [5, 5.41) is 18.7. The molecule has 142 valence electrons. The molecule has 2 N–H and O–H groups in total. The molecule has 2 rings (SSSR count). The molecule has 0 saturated carbocycles. The third-order valence-corrected chi connectivity index (χ3v) is 4.09. The van der Waals surface area contributed by atoms with Crippen molar-refractivity contribution in [2.75, 3.05) is 13.1 Å². The average Bonchev–Trinajstić information content (AvgIpc) is 2.63. The zero-order chi connectivity index (χ0) is 19.6. The van der Waals surface area contributed by atoms with Crippen molar-refractivity contribution in [2.45, 2.75) is 40.2 Å². The molecule has 7 heteroatoms. The fraction of sp³-hybridized carbons (Fsp3) is 0.400. The maximum absolute atomic E-state index is 12.1. The van der Waals surface area contributed by atoms with E-state index in [4.69, 9.17) is 5.26 Å². The van der Waals surface area contributed by atoms with Gasteiger partial charge in [-0.2, -0.15) is 10.4 Å². The summed E-state index contributed by atoms with van der Waals surface area (Å²) in [6, 6.07) is 9.55. The van der Waals surface area contributed by atoms with E-state index in [2.05, 4.69) is 46.7 Å². The lowest BCUT2D eigenvalue weighted by Gasteiger charge is -2.09. The number of hydrogen-bond donors (Lipinski definition) is 2. The number of aromatic nitrogens is 2. The van der Waals surface area contributed by atoms with Crippen LogP contribution in [-0.4, -0.2) is 28.8 Å². The predicted molar refractivity (Wildman–Crippen MR) is 107 cm³/mol. The Morgan fingerprint density at radius 2 is 2.07 bits per heavy atom. The van der Waals surface area contributed by atoms with E-state index in [0.717, 1.165) is 29.7 Å². The maximum atomic E-state index is 12.1. The smallest absolute Gasteiger partial charge is 0.266 e. The highest BCUT2D eigenvalue weighted by Gasteiger charge is 2.06. The summed E-state index contributed by atoms with van der Waals surface area (Å²) in [6.45, 7) is 7.85. The molecule has 0 saturated heterocycles. The zero-order valence-electron chi connectivity index (χ0n) is 16.1. The minimum Gasteiger partial charge on any atom is -0.356 e. The first-order valence-electron chi connectivity index (χ1n) is 9.14. The Morgan fingerprint density at radius 1 is 1.26 bits per heavy atom. The molecule has 2 aromatic rings. The van der Waals surface area contributed by atoms with Crippen molar-refractivity contribution in [3.05, 3.63) is 51.8 Å². The molecule has 0 atom stereocenters. The fourth-order valence-electron chi connectivity index (χ4n) is 2.78. The Labute approximate surface area is 159 Å². The van der Waals surface area contributed by atoms with Crippen molar-refractivity contribution in [2.24, 2.45) is 4.99 Å². The molecule has 1 heterocycles. The van der Waals surface area contributed by atoms with Crippen molar-refractivity contribution < 1.29 is 0 Å². The van der Waals surface area contributed by atoms with Crippen LogP contribution < -0.4 is 16.2 Å². The van der Waals surface area contributed by atoms with Gasteiger partial charge in [-0.15, -0.1) is 0 Å². The number of aryl methyl sites for hydroxylation is 3. The third kappa shape index (κ3) is 5.96. The number of rotatable bonds is 7. The molecule has 0 aliphatic heterocycles. The van der Waals surface area contributed by atoms with E-state index >= 15 is 0 Å². The number of guanidine groups is 1. The van der Waals surface area contributed by atoms with E-state index in [1.54, 1.807) is 12.1 Å². The van der Waals surface area contributed by atoms with Gasteiger partial charge >= 0.3 is 0 Å². The van der Waals surface area contributed by atoms with Gasteiger partial charge in [-0.1, -0.05) is 23.8 Å². The lowest BCUT2D eigenvalue weighted by molar-refractivity contribution is 0.537. The number of hydrogen-bond acceptors (Lipinski definition) is 4. The van der Waals surface area contributed by atoms with E-state index in [-0.39, 0.29) is 5.56 Å². The molecule has 0 fully saturated rings. The SMILES string of the molecule is CCNC(=NCCCCn1nc(-c2ccc(C)cc2C)ccc1=O)NC#N. The van der Waals surface area contributed by atoms with Gasteiger partial charge in [-0.05, 0) is 45.2 Å². The van der Waals surface area contributed by atoms with Gasteiger partial charge in [-0.25, -0.2) is 4.68 Å². The quantitative estimate of drug-likeness (QED) is 0.258. The highest BCUT2D eigenvalue weighted by molar-refractivity contribution is 5.81. The Bertz CT molecular complexity index is 894. The Morgan fingerprint density at radius 3 is 2.78 bits per heavy atom. The molecular formula is C20H26N6O. The Kier molecular flexibility index (Phi) is 7.56. The second kappa shape index (κ2) is 10.1. The van der Waals surface area contributed by atoms with Gasteiger partial charge < -0.3 is 5.32 Å². The summed E-state index contributed by atoms with van der Waals surface area (Å²) in [4.78, 5) is 16.4. The summed E-state index contributed by atoms with van der Waals surface area (Å²) in [5.74, 6) is 0.479. The summed E-state index contributed by atoms with van der Waals surface area (Å²) in [6.07, 6.45) is 3.43. The summed E-state index contributed by atoms with van der Waals surface area (Å²) in [7, 11) is 0. The number of nitriles is 1. The molecule has 7 nitrogen and oxygen atoms in total. The largest absolute Gasteiger partial charge is 0.356 e. The molecule has 0 spiro atoms. The van der Waals surface area contributed by atoms with E-state index in [1.807, 2.05) is 19.2 Å². The van der Waals surface area contributed by atoms with Gasteiger partial charge in [0.05, 0.1) is 5.69 Å². The van der Waals surface area contributed by atoms with Gasteiger partial charge in [0.25, 0.3) is 5.56 Å². The van der Waals surface area contributed by atoms with E-state index in [9.17, 15) is 4.79 Å². The molecule has 1 aromatic carbocycles. The van der Waals surface area contributed by atoms with E-state index in [0.29, 0.717) is 25.6 Å². The summed E-state index contributed by atoms with van der Waals surface area (Å²) >= 11 is 0. The first-order chi connectivity index (χ1) is 13.0. The van der Waals surface area contributed by atoms with Crippen LogP contribution in [0.1, 0.15) is 30.9 Å². The van der Waals surface area contributed by atoms with Crippen LogP contribution in [-0.2, 0) is 6.54 Å². The highest BCUT2D eigenvalue weighted by Crippen LogP contribution is 2.21. The van der Waals surface area contributed by atoms with Crippen LogP contribution in [0.3, 0.4) is 0 Å². The molecule has 0 unspecified atom stereocenters. The Hall–Kier alpha value is -3.14. The van der Waals surface area contributed by atoms with Crippen LogP contribution in [0.4, 0.5) is 0 Å². The van der Waals surface area contributed by atoms with Crippen LogP contribution in [0, 0.1) is 25.3 Å². The highest BCUT2D eigenvalue weighted by atomic mass is 16.1. The normalized spacial score (nSPS) is 11.1. The lowest BCUT2D eigenvalue weighted by atomic mass is 10.0. The predicted octanol–water partition coefficient (Wildman–Crippen LogP) is 2.34. The molecule has 1 aromatic heterocycles. The monoisotopic (exact) mass is 366 g/mol. The first kappa shape index (κ1) is 20.2. The second-order valence-corrected chi connectivity index (χ2v) is 6.30. The first-order valence-corrected chi connectivity index (χ1v) is 9.14. The molecule has 0 radical (unpaired) electrons. The van der Waals surface area contributed by atoms with Gasteiger partial charge in [0.15, 0.2) is 6.19 Å². The molecule has 0 amide bonds. The standard InChI is InChI=1S/C20H26N6O/c1-4-22-20(24-14-21)23-11-5-6-12-26-19(27)10-9-18(25-26)17-8-7-15(2)13-16(17)3/h7-10,13H,4-6,11-12H2,1-3H3,(H2,22,23,24). The van der Waals surface area contributed by atoms with Gasteiger partial charge in [0.2, 0.25) is 5.96 Å². The van der Waals surface area contributed by atoms with Crippen LogP contribution in [0.25, 0.3) is 11.3 Å². The summed E-state index contributed by atoms with van der Waals surface area (Å²) in [5.41, 5.74) is 4.08. The van der Waals surface area contributed by atoms with Crippen molar-refractivity contribution in [1.82, 2.24) is 20.4 Å². The van der Waals surface area contributed by atoms with Crippen LogP contribution in [0.5, 0.6) is 0 Å². The summed E-state index contributed by atoms with van der Waals surface area (Å²) < 4.78 is 1.51. The van der Waals surface area contributed by atoms with E-state index < -0.39 is 0 Å². The second-order valence-electron chi connectivity index (χ2n) is 6.30. The molecule has 0 bridgehead atoms. The molecule has 27 heavy (non-hydrogen) atoms. The van der Waals surface area contributed by atoms with Crippen LogP contribution in [0.2, 0.25) is 0 Å². The topological polar surface area (TPSA) is 95.1 Å². The van der Waals surface area contributed by atoms with Gasteiger partial charge in [-0.3, -0.25) is 15.1 Å². The Balaban J connectivity index is 2.00. The number of unbranched alkanes of at least 4 members (excludes halogenated alkanes) is 1. The minimum atomic E-state index is -0.105. The lowest BCUT2D eigenvalue weighted by Crippen LogP contribution is -2.34. The number of benzene rings is 1. The van der Waals surface area contributed by atoms with E-state index in [1.165, 1.54) is 10.2 Å². The zero-order valence-corrected chi connectivity index (χ0v) is 16.1. The van der Waals surface area contributed by atoms with Gasteiger partial charge in [0.1, 0.15) is 0 Å². The number of aliphatic imine (C=N–C) groups is 1. The fourth-order valence-corrected chi connectivity index (χ4v) is 2.78. The van der Waals surface area contributed by atoms with Crippen LogP contribution in [0.15, 0.2) is 40.1 Å². The van der Waals surface area contributed by atoms with Crippen molar-refractivity contribution in [1.29, 1.82) is 5.26 Å². The average molecular weight is 366 g/mol. The number of nitrogens with zero attached hydrogens (tertiary/aromatic N) is 4. The van der Waals surface area contributed by atoms with Gasteiger partial charge in [0, 0.05) is 31.3 Å².